The molecule has 1 heterocycles. The Bertz CT molecular complexity index is 655. The molecule has 0 radical (unpaired) electrons. The highest BCUT2D eigenvalue weighted by Gasteiger charge is 2.21. The maximum absolute atomic E-state index is 12.2. The molecule has 0 fully saturated rings. The number of methoxy groups -OCH3 is 1. The third-order valence-electron chi connectivity index (χ3n) is 2.73. The van der Waals surface area contributed by atoms with E-state index in [2.05, 4.69) is 4.72 Å². The second-order valence-corrected chi connectivity index (χ2v) is 6.16. The van der Waals surface area contributed by atoms with Gasteiger partial charge in [-0.05, 0) is 24.3 Å². The first-order valence-electron chi connectivity index (χ1n) is 5.85. The van der Waals surface area contributed by atoms with Crippen LogP contribution in [0.25, 0.3) is 0 Å². The van der Waals surface area contributed by atoms with Crippen molar-refractivity contribution >= 4 is 21.6 Å². The summed E-state index contributed by atoms with van der Waals surface area (Å²) in [5, 5.41) is 0.173. The minimum Gasteiger partial charge on any atom is -0.467 e. The maximum atomic E-state index is 12.2. The Morgan fingerprint density at radius 2 is 2.05 bits per heavy atom. The first kappa shape index (κ1) is 15.1. The predicted octanol–water partition coefficient (Wildman–Crippen LogP) is 2.60. The molecule has 0 aliphatic rings. The van der Waals surface area contributed by atoms with Crippen LogP contribution >= 0.6 is 11.6 Å². The van der Waals surface area contributed by atoms with Gasteiger partial charge < -0.3 is 9.15 Å². The molecule has 1 atom stereocenters. The second kappa shape index (κ2) is 6.41. The third-order valence-corrected chi connectivity index (χ3v) is 4.65. The van der Waals surface area contributed by atoms with Gasteiger partial charge in [0.25, 0.3) is 0 Å². The predicted molar refractivity (Wildman–Crippen MR) is 75.1 cm³/mol. The van der Waals surface area contributed by atoms with Gasteiger partial charge in [0.05, 0.1) is 11.3 Å². The van der Waals surface area contributed by atoms with Gasteiger partial charge in [-0.25, -0.2) is 13.1 Å². The van der Waals surface area contributed by atoms with Crippen LogP contribution in [-0.2, 0) is 14.8 Å². The zero-order chi connectivity index (χ0) is 14.6. The van der Waals surface area contributed by atoms with Crippen molar-refractivity contribution < 1.29 is 17.6 Å². The summed E-state index contributed by atoms with van der Waals surface area (Å²) >= 11 is 5.89. The highest BCUT2D eigenvalue weighted by molar-refractivity contribution is 7.89. The van der Waals surface area contributed by atoms with Gasteiger partial charge in [0.15, 0.2) is 0 Å². The Kier molecular flexibility index (Phi) is 4.82. The van der Waals surface area contributed by atoms with Crippen molar-refractivity contribution in [2.45, 2.75) is 11.0 Å². The molecule has 20 heavy (non-hydrogen) atoms. The molecule has 0 saturated carbocycles. The minimum absolute atomic E-state index is 0.0379. The molecule has 108 valence electrons. The van der Waals surface area contributed by atoms with Gasteiger partial charge in [-0.1, -0.05) is 23.7 Å². The van der Waals surface area contributed by atoms with Crippen molar-refractivity contribution in [1.29, 1.82) is 0 Å². The van der Waals surface area contributed by atoms with E-state index in [4.69, 9.17) is 20.8 Å². The van der Waals surface area contributed by atoms with Crippen LogP contribution in [0.4, 0.5) is 0 Å². The second-order valence-electron chi connectivity index (χ2n) is 4.02. The smallest absolute Gasteiger partial charge is 0.242 e. The first-order chi connectivity index (χ1) is 9.54. The Labute approximate surface area is 122 Å². The van der Waals surface area contributed by atoms with Crippen LogP contribution < -0.4 is 4.72 Å². The van der Waals surface area contributed by atoms with Crippen molar-refractivity contribution in [3.05, 3.63) is 53.4 Å². The molecule has 2 rings (SSSR count). The molecule has 7 heteroatoms. The SMILES string of the molecule is COC(CNS(=O)(=O)c1ccccc1Cl)c1ccco1. The lowest BCUT2D eigenvalue weighted by molar-refractivity contribution is 0.0878. The van der Waals surface area contributed by atoms with Crippen molar-refractivity contribution in [3.8, 4) is 0 Å². The molecular weight excluding hydrogens is 302 g/mol. The molecule has 1 N–H and O–H groups in total. The molecule has 0 saturated heterocycles. The van der Waals surface area contributed by atoms with Crippen LogP contribution in [-0.4, -0.2) is 22.1 Å². The van der Waals surface area contributed by atoms with Gasteiger partial charge in [0.1, 0.15) is 16.8 Å². The summed E-state index contributed by atoms with van der Waals surface area (Å²) in [4.78, 5) is 0.0379. The van der Waals surface area contributed by atoms with Gasteiger partial charge in [-0.2, -0.15) is 0 Å². The summed E-state index contributed by atoms with van der Waals surface area (Å²) < 4.78 is 37.2. The lowest BCUT2D eigenvalue weighted by atomic mass is 10.3. The standard InChI is InChI=1S/C13H14ClNO4S/c1-18-12(11-6-4-8-19-11)9-15-20(16,17)13-7-3-2-5-10(13)14/h2-8,12,15H,9H2,1H3. The monoisotopic (exact) mass is 315 g/mol. The molecule has 2 aromatic rings. The summed E-state index contributed by atoms with van der Waals surface area (Å²) in [6.45, 7) is 0.0531. The fraction of sp³-hybridized carbons (Fsp3) is 0.231. The molecule has 0 amide bonds. The Hall–Kier alpha value is -1.34. The molecule has 0 spiro atoms. The average molecular weight is 316 g/mol. The molecule has 5 nitrogen and oxygen atoms in total. The molecular formula is C13H14ClNO4S. The number of sulfonamides is 1. The Morgan fingerprint density at radius 1 is 1.30 bits per heavy atom. The highest BCUT2D eigenvalue weighted by Crippen LogP contribution is 2.21. The number of ether oxygens (including phenoxy) is 1. The zero-order valence-corrected chi connectivity index (χ0v) is 12.3. The number of halogens is 1. The van der Waals surface area contributed by atoms with Crippen LogP contribution in [0.3, 0.4) is 0 Å². The van der Waals surface area contributed by atoms with E-state index >= 15 is 0 Å². The normalized spacial score (nSPS) is 13.3. The maximum Gasteiger partial charge on any atom is 0.242 e. The van der Waals surface area contributed by atoms with Gasteiger partial charge in [-0.15, -0.1) is 0 Å². The van der Waals surface area contributed by atoms with Gasteiger partial charge in [-0.3, -0.25) is 0 Å². The zero-order valence-electron chi connectivity index (χ0n) is 10.7. The van der Waals surface area contributed by atoms with Crippen molar-refractivity contribution in [2.24, 2.45) is 0 Å². The van der Waals surface area contributed by atoms with E-state index in [1.807, 2.05) is 0 Å². The number of hydrogen-bond acceptors (Lipinski definition) is 4. The summed E-state index contributed by atoms with van der Waals surface area (Å²) in [6, 6.07) is 9.68. The lowest BCUT2D eigenvalue weighted by Gasteiger charge is -2.14. The van der Waals surface area contributed by atoms with E-state index in [0.717, 1.165) is 0 Å². The van der Waals surface area contributed by atoms with Gasteiger partial charge >= 0.3 is 0 Å². The molecule has 0 aliphatic carbocycles. The van der Waals surface area contributed by atoms with Gasteiger partial charge in [0.2, 0.25) is 10.0 Å². The van der Waals surface area contributed by atoms with Crippen LogP contribution in [0.15, 0.2) is 52.0 Å². The van der Waals surface area contributed by atoms with E-state index in [1.54, 1.807) is 24.3 Å². The van der Waals surface area contributed by atoms with Crippen molar-refractivity contribution in [1.82, 2.24) is 4.72 Å². The fourth-order valence-corrected chi connectivity index (χ4v) is 3.25. The summed E-state index contributed by atoms with van der Waals surface area (Å²) in [5.41, 5.74) is 0. The van der Waals surface area contributed by atoms with Crippen LogP contribution in [0.2, 0.25) is 5.02 Å². The average Bonchev–Trinajstić information content (AvgIpc) is 2.94. The summed E-state index contributed by atoms with van der Waals surface area (Å²) in [6.07, 6.45) is 1.01. The molecule has 1 aromatic heterocycles. The number of benzene rings is 1. The molecule has 0 aliphatic heterocycles. The third kappa shape index (κ3) is 3.40. The van der Waals surface area contributed by atoms with Crippen LogP contribution in [0, 0.1) is 0 Å². The Morgan fingerprint density at radius 3 is 2.65 bits per heavy atom. The summed E-state index contributed by atoms with van der Waals surface area (Å²) in [5.74, 6) is 0.550. The van der Waals surface area contributed by atoms with E-state index in [0.29, 0.717) is 5.76 Å². The Balaban J connectivity index is 2.12. The van der Waals surface area contributed by atoms with Crippen LogP contribution in [0.5, 0.6) is 0 Å². The van der Waals surface area contributed by atoms with Crippen molar-refractivity contribution in [3.63, 3.8) is 0 Å². The van der Waals surface area contributed by atoms with E-state index < -0.39 is 16.1 Å². The van der Waals surface area contributed by atoms with E-state index in [-0.39, 0.29) is 16.5 Å². The largest absolute Gasteiger partial charge is 0.467 e. The lowest BCUT2D eigenvalue weighted by Crippen LogP contribution is -2.29. The summed E-state index contributed by atoms with van der Waals surface area (Å²) in [7, 11) is -2.21. The molecule has 1 aromatic carbocycles. The van der Waals surface area contributed by atoms with Crippen LogP contribution in [0.1, 0.15) is 11.9 Å². The molecule has 1 unspecified atom stereocenters. The fourth-order valence-electron chi connectivity index (χ4n) is 1.70. The number of furan rings is 1. The number of nitrogens with one attached hydrogen (secondary N) is 1. The quantitative estimate of drug-likeness (QED) is 0.889. The van der Waals surface area contributed by atoms with Crippen molar-refractivity contribution in [2.75, 3.05) is 13.7 Å². The number of rotatable bonds is 6. The topological polar surface area (TPSA) is 68.5 Å². The van der Waals surface area contributed by atoms with E-state index in [1.165, 1.54) is 25.5 Å². The van der Waals surface area contributed by atoms with E-state index in [9.17, 15) is 8.42 Å². The minimum atomic E-state index is -3.69. The first-order valence-corrected chi connectivity index (χ1v) is 7.71. The molecule has 0 bridgehead atoms. The van der Waals surface area contributed by atoms with Gasteiger partial charge in [0, 0.05) is 13.7 Å². The number of hydrogen-bond donors (Lipinski definition) is 1. The highest BCUT2D eigenvalue weighted by atomic mass is 35.5.